The van der Waals surface area contributed by atoms with E-state index in [9.17, 15) is 4.79 Å². The standard InChI is InChI=1S/C16H24N2O2/c1-11-5-4-6-13(9-11)20-15-10-12(7-8-14(15)17)16(19)18(2)3/h7-8,10-11,13H,4-6,9,17H2,1-3H3. The molecule has 1 aliphatic rings. The van der Waals surface area contributed by atoms with Crippen LogP contribution in [0.25, 0.3) is 0 Å². The Morgan fingerprint density at radius 3 is 2.75 bits per heavy atom. The van der Waals surface area contributed by atoms with Crippen molar-refractivity contribution in [1.29, 1.82) is 0 Å². The topological polar surface area (TPSA) is 55.6 Å². The van der Waals surface area contributed by atoms with Crippen LogP contribution < -0.4 is 10.5 Å². The summed E-state index contributed by atoms with van der Waals surface area (Å²) in [4.78, 5) is 13.5. The quantitative estimate of drug-likeness (QED) is 0.864. The number of hydrogen-bond acceptors (Lipinski definition) is 3. The smallest absolute Gasteiger partial charge is 0.253 e. The van der Waals surface area contributed by atoms with Crippen LogP contribution in [-0.2, 0) is 0 Å². The van der Waals surface area contributed by atoms with Crippen molar-refractivity contribution in [3.8, 4) is 5.75 Å². The number of hydrogen-bond donors (Lipinski definition) is 1. The number of ether oxygens (including phenoxy) is 1. The van der Waals surface area contributed by atoms with Gasteiger partial charge in [0.1, 0.15) is 5.75 Å². The number of carbonyl (C=O) groups is 1. The highest BCUT2D eigenvalue weighted by molar-refractivity contribution is 5.94. The number of anilines is 1. The third-order valence-corrected chi connectivity index (χ3v) is 3.85. The molecule has 4 heteroatoms. The minimum absolute atomic E-state index is 0.0353. The van der Waals surface area contributed by atoms with Crippen LogP contribution >= 0.6 is 0 Å². The summed E-state index contributed by atoms with van der Waals surface area (Å²) in [6.45, 7) is 2.25. The minimum atomic E-state index is -0.0353. The zero-order chi connectivity index (χ0) is 14.7. The van der Waals surface area contributed by atoms with Crippen molar-refractivity contribution in [2.24, 2.45) is 5.92 Å². The third-order valence-electron chi connectivity index (χ3n) is 3.85. The summed E-state index contributed by atoms with van der Waals surface area (Å²) in [6, 6.07) is 5.25. The van der Waals surface area contributed by atoms with Gasteiger partial charge >= 0.3 is 0 Å². The molecule has 20 heavy (non-hydrogen) atoms. The average Bonchev–Trinajstić information content (AvgIpc) is 2.40. The van der Waals surface area contributed by atoms with Gasteiger partial charge in [-0.05, 0) is 43.4 Å². The highest BCUT2D eigenvalue weighted by Crippen LogP contribution is 2.30. The number of nitrogens with zero attached hydrogens (tertiary/aromatic N) is 1. The van der Waals surface area contributed by atoms with Crippen LogP contribution in [0.1, 0.15) is 43.0 Å². The van der Waals surface area contributed by atoms with Crippen molar-refractivity contribution < 1.29 is 9.53 Å². The summed E-state index contributed by atoms with van der Waals surface area (Å²) >= 11 is 0. The SMILES string of the molecule is CC1CCCC(Oc2cc(C(=O)N(C)C)ccc2N)C1. The molecule has 2 atom stereocenters. The predicted molar refractivity (Wildman–Crippen MR) is 80.9 cm³/mol. The predicted octanol–water partition coefficient (Wildman–Crippen LogP) is 2.93. The van der Waals surface area contributed by atoms with Crippen molar-refractivity contribution in [1.82, 2.24) is 4.90 Å². The van der Waals surface area contributed by atoms with Crippen molar-refractivity contribution in [2.45, 2.75) is 38.7 Å². The van der Waals surface area contributed by atoms with Gasteiger partial charge in [0.05, 0.1) is 11.8 Å². The van der Waals surface area contributed by atoms with Gasteiger partial charge in [0, 0.05) is 19.7 Å². The average molecular weight is 276 g/mol. The molecular weight excluding hydrogens is 252 g/mol. The van der Waals surface area contributed by atoms with E-state index in [1.165, 1.54) is 12.8 Å². The van der Waals surface area contributed by atoms with Crippen LogP contribution in [0.3, 0.4) is 0 Å². The van der Waals surface area contributed by atoms with Gasteiger partial charge in [-0.25, -0.2) is 0 Å². The van der Waals surface area contributed by atoms with Gasteiger partial charge in [-0.2, -0.15) is 0 Å². The van der Waals surface area contributed by atoms with Gasteiger partial charge < -0.3 is 15.4 Å². The molecule has 0 spiro atoms. The van der Waals surface area contributed by atoms with Crippen molar-refractivity contribution in [3.05, 3.63) is 23.8 Å². The van der Waals surface area contributed by atoms with Crippen LogP contribution in [0.2, 0.25) is 0 Å². The van der Waals surface area contributed by atoms with Gasteiger partial charge in [0.2, 0.25) is 0 Å². The fourth-order valence-corrected chi connectivity index (χ4v) is 2.69. The molecule has 4 nitrogen and oxygen atoms in total. The number of rotatable bonds is 3. The van der Waals surface area contributed by atoms with E-state index in [0.29, 0.717) is 22.9 Å². The minimum Gasteiger partial charge on any atom is -0.488 e. The van der Waals surface area contributed by atoms with E-state index in [-0.39, 0.29) is 12.0 Å². The first-order valence-corrected chi connectivity index (χ1v) is 7.25. The van der Waals surface area contributed by atoms with Crippen LogP contribution in [-0.4, -0.2) is 31.0 Å². The Kier molecular flexibility index (Phi) is 4.53. The van der Waals surface area contributed by atoms with Gasteiger partial charge in [-0.3, -0.25) is 4.79 Å². The van der Waals surface area contributed by atoms with Crippen LogP contribution in [0.5, 0.6) is 5.75 Å². The molecule has 2 N–H and O–H groups in total. The van der Waals surface area contributed by atoms with Gasteiger partial charge in [0.25, 0.3) is 5.91 Å². The Morgan fingerprint density at radius 2 is 2.10 bits per heavy atom. The second-order valence-corrected chi connectivity index (χ2v) is 5.96. The molecule has 0 saturated heterocycles. The van der Waals surface area contributed by atoms with E-state index in [2.05, 4.69) is 6.92 Å². The molecule has 1 aliphatic carbocycles. The lowest BCUT2D eigenvalue weighted by Crippen LogP contribution is -2.25. The van der Waals surface area contributed by atoms with Gasteiger partial charge in [-0.15, -0.1) is 0 Å². The number of amides is 1. The molecule has 1 aromatic rings. The molecule has 2 unspecified atom stereocenters. The highest BCUT2D eigenvalue weighted by Gasteiger charge is 2.21. The van der Waals surface area contributed by atoms with Gasteiger partial charge in [-0.1, -0.05) is 13.3 Å². The van der Waals surface area contributed by atoms with E-state index < -0.39 is 0 Å². The zero-order valence-electron chi connectivity index (χ0n) is 12.6. The Bertz CT molecular complexity index is 485. The first-order valence-electron chi connectivity index (χ1n) is 7.25. The first kappa shape index (κ1) is 14.7. The molecule has 1 saturated carbocycles. The van der Waals surface area contributed by atoms with Gasteiger partial charge in [0.15, 0.2) is 0 Å². The summed E-state index contributed by atoms with van der Waals surface area (Å²) in [5.41, 5.74) is 7.18. The third kappa shape index (κ3) is 3.44. The normalized spacial score (nSPS) is 22.4. The molecule has 1 aromatic carbocycles. The summed E-state index contributed by atoms with van der Waals surface area (Å²) in [5.74, 6) is 1.30. The largest absolute Gasteiger partial charge is 0.488 e. The Hall–Kier alpha value is -1.71. The summed E-state index contributed by atoms with van der Waals surface area (Å²) in [5, 5.41) is 0. The molecule has 1 fully saturated rings. The lowest BCUT2D eigenvalue weighted by atomic mass is 9.88. The lowest BCUT2D eigenvalue weighted by Gasteiger charge is -2.28. The van der Waals surface area contributed by atoms with Crippen molar-refractivity contribution >= 4 is 11.6 Å². The van der Waals surface area contributed by atoms with E-state index in [1.54, 1.807) is 37.2 Å². The molecule has 2 rings (SSSR count). The van der Waals surface area contributed by atoms with Crippen molar-refractivity contribution in [2.75, 3.05) is 19.8 Å². The molecule has 0 bridgehead atoms. The maximum absolute atomic E-state index is 12.0. The van der Waals surface area contributed by atoms with E-state index in [0.717, 1.165) is 12.8 Å². The molecule has 110 valence electrons. The Labute approximate surface area is 120 Å². The number of benzene rings is 1. The van der Waals surface area contributed by atoms with E-state index in [4.69, 9.17) is 10.5 Å². The molecular formula is C16H24N2O2. The Balaban J connectivity index is 2.14. The molecule has 0 heterocycles. The van der Waals surface area contributed by atoms with Crippen molar-refractivity contribution in [3.63, 3.8) is 0 Å². The summed E-state index contributed by atoms with van der Waals surface area (Å²) in [7, 11) is 3.48. The van der Waals surface area contributed by atoms with Crippen LogP contribution in [0, 0.1) is 5.92 Å². The maximum atomic E-state index is 12.0. The zero-order valence-corrected chi connectivity index (χ0v) is 12.6. The fourth-order valence-electron chi connectivity index (χ4n) is 2.69. The maximum Gasteiger partial charge on any atom is 0.253 e. The molecule has 0 aromatic heterocycles. The second-order valence-electron chi connectivity index (χ2n) is 5.96. The molecule has 0 aliphatic heterocycles. The van der Waals surface area contributed by atoms with E-state index >= 15 is 0 Å². The monoisotopic (exact) mass is 276 g/mol. The highest BCUT2D eigenvalue weighted by atomic mass is 16.5. The Morgan fingerprint density at radius 1 is 1.35 bits per heavy atom. The summed E-state index contributed by atoms with van der Waals surface area (Å²) in [6.07, 6.45) is 4.81. The number of nitrogens with two attached hydrogens (primary N) is 1. The number of nitrogen functional groups attached to an aromatic ring is 1. The number of carbonyl (C=O) groups excluding carboxylic acids is 1. The van der Waals surface area contributed by atoms with E-state index in [1.807, 2.05) is 0 Å². The van der Waals surface area contributed by atoms with Crippen LogP contribution in [0.15, 0.2) is 18.2 Å². The lowest BCUT2D eigenvalue weighted by molar-refractivity contribution is 0.0826. The first-order chi connectivity index (χ1) is 9.47. The van der Waals surface area contributed by atoms with Crippen LogP contribution in [0.4, 0.5) is 5.69 Å². The fraction of sp³-hybridized carbons (Fsp3) is 0.562. The molecule has 0 radical (unpaired) electrons. The second kappa shape index (κ2) is 6.16. The molecule has 1 amide bonds. The summed E-state index contributed by atoms with van der Waals surface area (Å²) < 4.78 is 6.03.